The van der Waals surface area contributed by atoms with E-state index in [4.69, 9.17) is 4.74 Å². The average molecular weight is 457 g/mol. The zero-order valence-electron chi connectivity index (χ0n) is 18.9. The van der Waals surface area contributed by atoms with Crippen LogP contribution < -0.4 is 4.74 Å². The van der Waals surface area contributed by atoms with Gasteiger partial charge in [-0.25, -0.2) is 8.42 Å². The van der Waals surface area contributed by atoms with Gasteiger partial charge in [-0.1, -0.05) is 37.3 Å². The van der Waals surface area contributed by atoms with Crippen molar-refractivity contribution in [2.45, 2.75) is 43.5 Å². The monoisotopic (exact) mass is 456 g/mol. The molecule has 0 N–H and O–H groups in total. The van der Waals surface area contributed by atoms with Gasteiger partial charge in [-0.15, -0.1) is 0 Å². The number of ketones is 1. The van der Waals surface area contributed by atoms with Crippen molar-refractivity contribution >= 4 is 15.8 Å². The van der Waals surface area contributed by atoms with Crippen molar-refractivity contribution in [3.8, 4) is 5.75 Å². The lowest BCUT2D eigenvalue weighted by Crippen LogP contribution is -2.48. The first kappa shape index (κ1) is 23.0. The molecule has 6 nitrogen and oxygen atoms in total. The Morgan fingerprint density at radius 2 is 1.56 bits per heavy atom. The fraction of sp³-hybridized carbons (Fsp3) is 0.480. The normalized spacial score (nSPS) is 19.7. The Labute approximate surface area is 191 Å². The van der Waals surface area contributed by atoms with E-state index in [9.17, 15) is 13.2 Å². The summed E-state index contributed by atoms with van der Waals surface area (Å²) in [5.74, 6) is 0.842. The third-order valence-electron chi connectivity index (χ3n) is 6.84. The highest BCUT2D eigenvalue weighted by Crippen LogP contribution is 2.31. The van der Waals surface area contributed by atoms with Crippen LogP contribution >= 0.6 is 0 Å². The molecule has 0 radical (unpaired) electrons. The third kappa shape index (κ3) is 4.75. The maximum atomic E-state index is 13.5. The van der Waals surface area contributed by atoms with Crippen molar-refractivity contribution in [1.29, 1.82) is 0 Å². The molecule has 0 spiro atoms. The van der Waals surface area contributed by atoms with E-state index in [1.165, 1.54) is 26.0 Å². The summed E-state index contributed by atoms with van der Waals surface area (Å²) in [6.07, 6.45) is 4.10. The lowest BCUT2D eigenvalue weighted by Gasteiger charge is -2.41. The van der Waals surface area contributed by atoms with Gasteiger partial charge in [-0.2, -0.15) is 4.31 Å². The third-order valence-corrected chi connectivity index (χ3v) is 8.76. The number of carbonyl (C=O) groups is 1. The number of ether oxygens (including phenoxy) is 1. The van der Waals surface area contributed by atoms with E-state index in [2.05, 4.69) is 11.8 Å². The zero-order valence-corrected chi connectivity index (χ0v) is 19.7. The number of benzene rings is 2. The van der Waals surface area contributed by atoms with Gasteiger partial charge in [0, 0.05) is 30.3 Å². The average Bonchev–Trinajstić information content (AvgIpc) is 2.84. The molecule has 32 heavy (non-hydrogen) atoms. The minimum Gasteiger partial charge on any atom is -0.495 e. The molecule has 2 fully saturated rings. The highest BCUT2D eigenvalue weighted by atomic mass is 32.2. The van der Waals surface area contributed by atoms with Gasteiger partial charge in [-0.05, 0) is 62.9 Å². The molecule has 0 saturated carbocycles. The molecule has 0 unspecified atom stereocenters. The lowest BCUT2D eigenvalue weighted by molar-refractivity contribution is 0.101. The number of hydrogen-bond acceptors (Lipinski definition) is 5. The van der Waals surface area contributed by atoms with Crippen LogP contribution in [0.4, 0.5) is 0 Å². The Morgan fingerprint density at radius 1 is 0.906 bits per heavy atom. The van der Waals surface area contributed by atoms with Crippen molar-refractivity contribution in [3.05, 3.63) is 59.7 Å². The molecule has 4 rings (SSSR count). The molecule has 7 heteroatoms. The second-order valence-corrected chi connectivity index (χ2v) is 10.8. The summed E-state index contributed by atoms with van der Waals surface area (Å²) >= 11 is 0. The van der Waals surface area contributed by atoms with Crippen LogP contribution in [-0.2, 0) is 10.0 Å². The SMILES string of the molecule is COc1ccc(C(=O)c2ccccc2)cc1S(=O)(=O)N1CCC(N2CCC(C)CC2)CC1. The molecule has 2 heterocycles. The quantitative estimate of drug-likeness (QED) is 0.619. The van der Waals surface area contributed by atoms with E-state index >= 15 is 0 Å². The molecule has 172 valence electrons. The largest absolute Gasteiger partial charge is 0.495 e. The molecule has 2 aliphatic rings. The number of rotatable bonds is 6. The Morgan fingerprint density at radius 3 is 2.19 bits per heavy atom. The van der Waals surface area contributed by atoms with Crippen LogP contribution in [0.1, 0.15) is 48.5 Å². The van der Waals surface area contributed by atoms with E-state index in [-0.39, 0.29) is 16.4 Å². The predicted octanol–water partition coefficient (Wildman–Crippen LogP) is 3.81. The number of likely N-dealkylation sites (tertiary alicyclic amines) is 1. The summed E-state index contributed by atoms with van der Waals surface area (Å²) in [6, 6.07) is 14.0. The Balaban J connectivity index is 1.52. The first-order valence-corrected chi connectivity index (χ1v) is 12.9. The molecule has 0 aromatic heterocycles. The highest BCUT2D eigenvalue weighted by Gasteiger charge is 2.34. The van der Waals surface area contributed by atoms with Gasteiger partial charge in [0.1, 0.15) is 10.6 Å². The van der Waals surface area contributed by atoms with Gasteiger partial charge < -0.3 is 9.64 Å². The number of carbonyl (C=O) groups excluding carboxylic acids is 1. The number of nitrogens with zero attached hydrogens (tertiary/aromatic N) is 2. The van der Waals surface area contributed by atoms with Crippen molar-refractivity contribution in [1.82, 2.24) is 9.21 Å². The molecule has 0 amide bonds. The van der Waals surface area contributed by atoms with E-state index < -0.39 is 10.0 Å². The Hall–Kier alpha value is -2.22. The molecule has 2 aromatic carbocycles. The van der Waals surface area contributed by atoms with Crippen LogP contribution in [-0.4, -0.2) is 62.7 Å². The molecule has 0 bridgehead atoms. The fourth-order valence-electron chi connectivity index (χ4n) is 4.76. The van der Waals surface area contributed by atoms with Gasteiger partial charge in [0.25, 0.3) is 0 Å². The minimum absolute atomic E-state index is 0.0621. The van der Waals surface area contributed by atoms with Gasteiger partial charge in [0.15, 0.2) is 5.78 Å². The molecule has 0 atom stereocenters. The van der Waals surface area contributed by atoms with E-state index in [1.807, 2.05) is 6.07 Å². The van der Waals surface area contributed by atoms with Gasteiger partial charge >= 0.3 is 0 Å². The van der Waals surface area contributed by atoms with Crippen LogP contribution in [0.3, 0.4) is 0 Å². The van der Waals surface area contributed by atoms with Crippen LogP contribution in [0, 0.1) is 5.92 Å². The maximum Gasteiger partial charge on any atom is 0.246 e. The summed E-state index contributed by atoms with van der Waals surface area (Å²) < 4.78 is 34.0. The van der Waals surface area contributed by atoms with Gasteiger partial charge in [0.2, 0.25) is 10.0 Å². The summed E-state index contributed by atoms with van der Waals surface area (Å²) in [5.41, 5.74) is 0.866. The first-order chi connectivity index (χ1) is 15.4. The van der Waals surface area contributed by atoms with Crippen LogP contribution in [0.5, 0.6) is 5.75 Å². The predicted molar refractivity (Wildman–Crippen MR) is 125 cm³/mol. The zero-order chi connectivity index (χ0) is 22.7. The molecule has 2 saturated heterocycles. The highest BCUT2D eigenvalue weighted by molar-refractivity contribution is 7.89. The van der Waals surface area contributed by atoms with Crippen LogP contribution in [0.25, 0.3) is 0 Å². The lowest BCUT2D eigenvalue weighted by atomic mass is 9.95. The van der Waals surface area contributed by atoms with Crippen molar-refractivity contribution < 1.29 is 17.9 Å². The second kappa shape index (κ2) is 9.73. The summed E-state index contributed by atoms with van der Waals surface area (Å²) in [4.78, 5) is 15.5. The second-order valence-electron chi connectivity index (χ2n) is 8.91. The Kier molecular flexibility index (Phi) is 6.98. The molecular formula is C25H32N2O4S. The van der Waals surface area contributed by atoms with E-state index in [0.717, 1.165) is 31.8 Å². The number of piperidine rings is 2. The number of sulfonamides is 1. The van der Waals surface area contributed by atoms with Crippen molar-refractivity contribution in [3.63, 3.8) is 0 Å². The minimum atomic E-state index is -3.77. The molecule has 0 aliphatic carbocycles. The summed E-state index contributed by atoms with van der Waals surface area (Å²) in [5, 5.41) is 0. The fourth-order valence-corrected chi connectivity index (χ4v) is 6.41. The summed E-state index contributed by atoms with van der Waals surface area (Å²) in [6.45, 7) is 5.49. The molecular weight excluding hydrogens is 424 g/mol. The Bertz CT molecular complexity index is 1040. The van der Waals surface area contributed by atoms with Gasteiger partial charge in [-0.3, -0.25) is 4.79 Å². The molecule has 2 aromatic rings. The van der Waals surface area contributed by atoms with E-state index in [0.29, 0.717) is 30.3 Å². The smallest absolute Gasteiger partial charge is 0.246 e. The van der Waals surface area contributed by atoms with E-state index in [1.54, 1.807) is 40.7 Å². The van der Waals surface area contributed by atoms with Crippen molar-refractivity contribution in [2.75, 3.05) is 33.3 Å². The topological polar surface area (TPSA) is 66.9 Å². The number of hydrogen-bond donors (Lipinski definition) is 0. The van der Waals surface area contributed by atoms with Crippen molar-refractivity contribution in [2.24, 2.45) is 5.92 Å². The van der Waals surface area contributed by atoms with Crippen LogP contribution in [0.15, 0.2) is 53.4 Å². The number of methoxy groups -OCH3 is 1. The maximum absolute atomic E-state index is 13.5. The van der Waals surface area contributed by atoms with Gasteiger partial charge in [0.05, 0.1) is 7.11 Å². The summed E-state index contributed by atoms with van der Waals surface area (Å²) in [7, 11) is -2.31. The van der Waals surface area contributed by atoms with Crippen LogP contribution in [0.2, 0.25) is 0 Å². The first-order valence-electron chi connectivity index (χ1n) is 11.4. The molecule has 2 aliphatic heterocycles. The standard InChI is InChI=1S/C25H32N2O4S/c1-19-10-14-26(15-11-19)22-12-16-27(17-13-22)32(29,30)24-18-21(8-9-23(24)31-2)25(28)20-6-4-3-5-7-20/h3-9,18-19,22H,10-17H2,1-2H3.